The third kappa shape index (κ3) is 2.22. The number of carbonyl (C=O) groups excluding carboxylic acids is 1. The van der Waals surface area contributed by atoms with Crippen molar-refractivity contribution in [3.63, 3.8) is 0 Å². The predicted octanol–water partition coefficient (Wildman–Crippen LogP) is 3.76. The molecule has 0 aromatic rings. The summed E-state index contributed by atoms with van der Waals surface area (Å²) in [5.41, 5.74) is 1.18. The number of allylic oxidation sites excluding steroid dienone is 3. The molecule has 1 saturated carbocycles. The summed E-state index contributed by atoms with van der Waals surface area (Å²) in [6.07, 6.45) is 5.70. The van der Waals surface area contributed by atoms with Gasteiger partial charge in [-0.05, 0) is 37.2 Å². The number of carbonyl (C=O) groups is 1. The summed E-state index contributed by atoms with van der Waals surface area (Å²) in [4.78, 5) is 12.0. The molecule has 0 aliphatic heterocycles. The van der Waals surface area contributed by atoms with Crippen molar-refractivity contribution in [1.29, 1.82) is 0 Å². The third-order valence-corrected chi connectivity index (χ3v) is 3.80. The van der Waals surface area contributed by atoms with Gasteiger partial charge in [0.2, 0.25) is 0 Å². The van der Waals surface area contributed by atoms with E-state index in [4.69, 9.17) is 0 Å². The molecule has 1 fully saturated rings. The van der Waals surface area contributed by atoms with Crippen molar-refractivity contribution in [1.82, 2.24) is 0 Å². The Morgan fingerprint density at radius 1 is 1.53 bits per heavy atom. The molecule has 1 heteroatoms. The van der Waals surface area contributed by atoms with Crippen LogP contribution in [0.15, 0.2) is 24.3 Å². The third-order valence-electron chi connectivity index (χ3n) is 3.80. The molecule has 0 N–H and O–H groups in total. The van der Waals surface area contributed by atoms with Crippen molar-refractivity contribution < 1.29 is 4.79 Å². The van der Waals surface area contributed by atoms with Crippen LogP contribution >= 0.6 is 0 Å². The molecular formula is C14H22O. The topological polar surface area (TPSA) is 17.1 Å². The SMILES string of the molecule is C=C1CCC(C)C(C(=O)/C=C/C)C1(C)C. The Balaban J connectivity index is 3.00. The Bertz CT molecular complexity index is 296. The van der Waals surface area contributed by atoms with Gasteiger partial charge in [-0.1, -0.05) is 39.0 Å². The van der Waals surface area contributed by atoms with Gasteiger partial charge >= 0.3 is 0 Å². The molecule has 0 radical (unpaired) electrons. The van der Waals surface area contributed by atoms with Crippen LogP contribution in [0.1, 0.15) is 40.5 Å². The van der Waals surface area contributed by atoms with E-state index in [1.165, 1.54) is 5.57 Å². The minimum atomic E-state index is -0.0474. The second-order valence-electron chi connectivity index (χ2n) is 5.22. The highest BCUT2D eigenvalue weighted by Gasteiger charge is 2.42. The Kier molecular flexibility index (Phi) is 3.54. The van der Waals surface area contributed by atoms with Crippen LogP contribution in [0.2, 0.25) is 0 Å². The molecule has 0 aromatic heterocycles. The molecule has 0 aromatic carbocycles. The van der Waals surface area contributed by atoms with Gasteiger partial charge in [0.05, 0.1) is 0 Å². The quantitative estimate of drug-likeness (QED) is 0.496. The molecule has 0 heterocycles. The summed E-state index contributed by atoms with van der Waals surface area (Å²) >= 11 is 0. The van der Waals surface area contributed by atoms with E-state index in [0.717, 1.165) is 12.8 Å². The molecule has 0 amide bonds. The average molecular weight is 206 g/mol. The van der Waals surface area contributed by atoms with Crippen molar-refractivity contribution in [2.75, 3.05) is 0 Å². The van der Waals surface area contributed by atoms with Gasteiger partial charge in [0.15, 0.2) is 5.78 Å². The Morgan fingerprint density at radius 2 is 2.13 bits per heavy atom. The Labute approximate surface area is 93.3 Å². The van der Waals surface area contributed by atoms with Crippen LogP contribution in [0.5, 0.6) is 0 Å². The normalized spacial score (nSPS) is 30.8. The molecule has 1 nitrogen and oxygen atoms in total. The van der Waals surface area contributed by atoms with Crippen LogP contribution in [0, 0.1) is 17.3 Å². The molecule has 84 valence electrons. The van der Waals surface area contributed by atoms with E-state index in [2.05, 4.69) is 27.4 Å². The van der Waals surface area contributed by atoms with Gasteiger partial charge in [-0.2, -0.15) is 0 Å². The van der Waals surface area contributed by atoms with E-state index >= 15 is 0 Å². The summed E-state index contributed by atoms with van der Waals surface area (Å²) < 4.78 is 0. The molecule has 0 spiro atoms. The van der Waals surface area contributed by atoms with Gasteiger partial charge < -0.3 is 0 Å². The lowest BCUT2D eigenvalue weighted by Gasteiger charge is -2.43. The van der Waals surface area contributed by atoms with E-state index in [1.807, 2.05) is 13.0 Å². The van der Waals surface area contributed by atoms with Crippen molar-refractivity contribution in [2.45, 2.75) is 40.5 Å². The standard InChI is InChI=1S/C14H22O/c1-6-7-12(15)13-10(2)8-9-11(3)14(13,4)5/h6-7,10,13H,3,8-9H2,1-2,4-5H3/b7-6+. The Hall–Kier alpha value is -0.850. The average Bonchev–Trinajstić information content (AvgIpc) is 2.12. The molecule has 1 rings (SSSR count). The highest BCUT2D eigenvalue weighted by molar-refractivity contribution is 5.92. The first-order valence-electron chi connectivity index (χ1n) is 5.76. The molecule has 15 heavy (non-hydrogen) atoms. The maximum absolute atomic E-state index is 12.0. The van der Waals surface area contributed by atoms with Crippen LogP contribution in [-0.2, 0) is 4.79 Å². The zero-order valence-electron chi connectivity index (χ0n) is 10.3. The summed E-state index contributed by atoms with van der Waals surface area (Å²) in [5, 5.41) is 0. The van der Waals surface area contributed by atoms with Crippen LogP contribution < -0.4 is 0 Å². The zero-order chi connectivity index (χ0) is 11.6. The largest absolute Gasteiger partial charge is 0.295 e. The summed E-state index contributed by atoms with van der Waals surface area (Å²) in [7, 11) is 0. The lowest BCUT2D eigenvalue weighted by molar-refractivity contribution is -0.123. The van der Waals surface area contributed by atoms with Crippen LogP contribution in [0.25, 0.3) is 0 Å². The van der Waals surface area contributed by atoms with Crippen molar-refractivity contribution in [2.24, 2.45) is 17.3 Å². The zero-order valence-corrected chi connectivity index (χ0v) is 10.3. The first kappa shape index (κ1) is 12.2. The van der Waals surface area contributed by atoms with Gasteiger partial charge in [-0.25, -0.2) is 0 Å². The minimum Gasteiger partial charge on any atom is -0.295 e. The fraction of sp³-hybridized carbons (Fsp3) is 0.643. The first-order valence-corrected chi connectivity index (χ1v) is 5.76. The van der Waals surface area contributed by atoms with E-state index in [-0.39, 0.29) is 17.1 Å². The molecule has 0 saturated heterocycles. The molecule has 2 unspecified atom stereocenters. The second kappa shape index (κ2) is 4.34. The summed E-state index contributed by atoms with van der Waals surface area (Å²) in [6.45, 7) is 12.5. The lowest BCUT2D eigenvalue weighted by Crippen LogP contribution is -2.39. The van der Waals surface area contributed by atoms with Crippen LogP contribution in [0.3, 0.4) is 0 Å². The number of hydrogen-bond acceptors (Lipinski definition) is 1. The van der Waals surface area contributed by atoms with Crippen LogP contribution in [-0.4, -0.2) is 5.78 Å². The molecule has 2 atom stereocenters. The number of rotatable bonds is 2. The number of ketones is 1. The summed E-state index contributed by atoms with van der Waals surface area (Å²) in [6, 6.07) is 0. The molecular weight excluding hydrogens is 184 g/mol. The van der Waals surface area contributed by atoms with E-state index in [9.17, 15) is 4.79 Å². The van der Waals surface area contributed by atoms with Gasteiger partial charge in [0.1, 0.15) is 0 Å². The van der Waals surface area contributed by atoms with Crippen molar-refractivity contribution in [3.05, 3.63) is 24.3 Å². The fourth-order valence-electron chi connectivity index (χ4n) is 2.73. The van der Waals surface area contributed by atoms with E-state index < -0.39 is 0 Å². The van der Waals surface area contributed by atoms with E-state index in [1.54, 1.807) is 6.08 Å². The smallest absolute Gasteiger partial charge is 0.159 e. The van der Waals surface area contributed by atoms with Gasteiger partial charge in [-0.15, -0.1) is 0 Å². The van der Waals surface area contributed by atoms with Gasteiger partial charge in [-0.3, -0.25) is 4.79 Å². The van der Waals surface area contributed by atoms with Crippen LogP contribution in [0.4, 0.5) is 0 Å². The minimum absolute atomic E-state index is 0.0474. The maximum Gasteiger partial charge on any atom is 0.159 e. The second-order valence-corrected chi connectivity index (χ2v) is 5.22. The van der Waals surface area contributed by atoms with Gasteiger partial charge in [0.25, 0.3) is 0 Å². The van der Waals surface area contributed by atoms with Crippen molar-refractivity contribution in [3.8, 4) is 0 Å². The molecule has 0 bridgehead atoms. The van der Waals surface area contributed by atoms with Gasteiger partial charge in [0, 0.05) is 5.92 Å². The van der Waals surface area contributed by atoms with E-state index in [0.29, 0.717) is 5.92 Å². The molecule has 1 aliphatic rings. The summed E-state index contributed by atoms with van der Waals surface area (Å²) in [5.74, 6) is 0.833. The molecule has 1 aliphatic carbocycles. The first-order chi connectivity index (χ1) is 6.91. The maximum atomic E-state index is 12.0. The highest BCUT2D eigenvalue weighted by Crippen LogP contribution is 2.47. The Morgan fingerprint density at radius 3 is 2.67 bits per heavy atom. The highest BCUT2D eigenvalue weighted by atomic mass is 16.1. The predicted molar refractivity (Wildman–Crippen MR) is 64.6 cm³/mol. The lowest BCUT2D eigenvalue weighted by atomic mass is 9.60. The van der Waals surface area contributed by atoms with Crippen molar-refractivity contribution >= 4 is 5.78 Å². The number of hydrogen-bond donors (Lipinski definition) is 0. The monoisotopic (exact) mass is 206 g/mol. The fourth-order valence-corrected chi connectivity index (χ4v) is 2.73.